The van der Waals surface area contributed by atoms with Gasteiger partial charge in [0.1, 0.15) is 29.0 Å². The molecule has 3 aromatic rings. The molecule has 7 nitrogen and oxygen atoms in total. The molecule has 3 heterocycles. The molecule has 1 fully saturated rings. The first-order valence-electron chi connectivity index (χ1n) is 10.2. The summed E-state index contributed by atoms with van der Waals surface area (Å²) in [5.41, 5.74) is 0.699. The number of aromatic amines is 1. The molecule has 1 aliphatic heterocycles. The first-order chi connectivity index (χ1) is 15.3. The van der Waals surface area contributed by atoms with Gasteiger partial charge in [-0.2, -0.15) is 0 Å². The fourth-order valence-electron chi connectivity index (χ4n) is 3.83. The van der Waals surface area contributed by atoms with Gasteiger partial charge < -0.3 is 20.3 Å². The predicted octanol–water partition coefficient (Wildman–Crippen LogP) is 2.82. The van der Waals surface area contributed by atoms with E-state index in [4.69, 9.17) is 11.6 Å². The van der Waals surface area contributed by atoms with E-state index in [-0.39, 0.29) is 24.2 Å². The summed E-state index contributed by atoms with van der Waals surface area (Å²) in [7, 11) is 0. The number of pyridine rings is 1. The average Bonchev–Trinajstić information content (AvgIpc) is 3.18. The molecule has 0 radical (unpaired) electrons. The summed E-state index contributed by atoms with van der Waals surface area (Å²) >= 11 is 5.94. The van der Waals surface area contributed by atoms with Crippen molar-refractivity contribution < 1.29 is 23.5 Å². The number of hydrogen-bond acceptors (Lipinski definition) is 4. The predicted molar refractivity (Wildman–Crippen MR) is 114 cm³/mol. The summed E-state index contributed by atoms with van der Waals surface area (Å²) in [5.74, 6) is -2.57. The molecule has 1 saturated heterocycles. The maximum absolute atomic E-state index is 14.3. The van der Waals surface area contributed by atoms with E-state index < -0.39 is 35.6 Å². The van der Waals surface area contributed by atoms with Crippen LogP contribution in [0.25, 0.3) is 11.0 Å². The number of nitrogens with one attached hydrogen (secondary N) is 2. The number of aliphatic hydroxyl groups is 1. The second-order valence-corrected chi connectivity index (χ2v) is 8.26. The number of amides is 2. The number of aromatic nitrogens is 2. The number of β-amino-alcohol motifs (C(OH)–C–C–N with tert-alkyl or cyclic N) is 1. The molecule has 4 rings (SSSR count). The lowest BCUT2D eigenvalue weighted by molar-refractivity contribution is -0.136. The van der Waals surface area contributed by atoms with E-state index in [1.807, 2.05) is 0 Å². The first-order valence-corrected chi connectivity index (χ1v) is 10.5. The van der Waals surface area contributed by atoms with Gasteiger partial charge in [0, 0.05) is 37.2 Å². The van der Waals surface area contributed by atoms with Gasteiger partial charge in [-0.3, -0.25) is 9.59 Å². The van der Waals surface area contributed by atoms with Crippen molar-refractivity contribution in [3.8, 4) is 0 Å². The van der Waals surface area contributed by atoms with Crippen molar-refractivity contribution >= 4 is 34.4 Å². The lowest BCUT2D eigenvalue weighted by Gasteiger charge is -2.33. The number of piperidine rings is 1. The number of halogens is 3. The van der Waals surface area contributed by atoms with E-state index in [0.29, 0.717) is 35.4 Å². The number of benzene rings is 1. The van der Waals surface area contributed by atoms with Crippen LogP contribution in [0.4, 0.5) is 8.78 Å². The highest BCUT2D eigenvalue weighted by molar-refractivity contribution is 6.31. The molecule has 3 N–H and O–H groups in total. The number of carbonyl (C=O) groups is 2. The lowest BCUT2D eigenvalue weighted by atomic mass is 10.0. The Kier molecular flexibility index (Phi) is 6.38. The monoisotopic (exact) mass is 462 g/mol. The fourth-order valence-corrected chi connectivity index (χ4v) is 4.00. The molecule has 1 unspecified atom stereocenters. The Hall–Kier alpha value is -3.04. The molecule has 2 amide bonds. The zero-order valence-electron chi connectivity index (χ0n) is 16.9. The number of likely N-dealkylation sites (tertiary alicyclic amines) is 1. The van der Waals surface area contributed by atoms with Crippen molar-refractivity contribution in [2.24, 2.45) is 0 Å². The zero-order chi connectivity index (χ0) is 22.8. The topological polar surface area (TPSA) is 98.3 Å². The summed E-state index contributed by atoms with van der Waals surface area (Å²) < 4.78 is 27.6. The van der Waals surface area contributed by atoms with Crippen molar-refractivity contribution in [1.82, 2.24) is 20.2 Å². The van der Waals surface area contributed by atoms with Crippen LogP contribution in [0.2, 0.25) is 5.02 Å². The van der Waals surface area contributed by atoms with Crippen LogP contribution in [0, 0.1) is 11.6 Å². The van der Waals surface area contributed by atoms with Crippen molar-refractivity contribution in [3.05, 3.63) is 64.4 Å². The summed E-state index contributed by atoms with van der Waals surface area (Å²) in [6, 6.07) is 5.15. The molecule has 0 bridgehead atoms. The highest BCUT2D eigenvalue weighted by Crippen LogP contribution is 2.19. The molecular formula is C22H21ClF2N4O3. The molecule has 0 aliphatic carbocycles. The average molecular weight is 463 g/mol. The third kappa shape index (κ3) is 4.89. The summed E-state index contributed by atoms with van der Waals surface area (Å²) in [6.07, 6.45) is 1.81. The van der Waals surface area contributed by atoms with Crippen molar-refractivity contribution in [1.29, 1.82) is 0 Å². The van der Waals surface area contributed by atoms with Gasteiger partial charge >= 0.3 is 0 Å². The van der Waals surface area contributed by atoms with Crippen LogP contribution in [0.5, 0.6) is 0 Å². The molecule has 0 spiro atoms. The van der Waals surface area contributed by atoms with Crippen molar-refractivity contribution in [3.63, 3.8) is 0 Å². The minimum Gasteiger partial charge on any atom is -0.391 e. The Morgan fingerprint density at radius 3 is 2.88 bits per heavy atom. The van der Waals surface area contributed by atoms with Gasteiger partial charge in [-0.1, -0.05) is 17.7 Å². The van der Waals surface area contributed by atoms with Crippen LogP contribution in [-0.4, -0.2) is 57.0 Å². The van der Waals surface area contributed by atoms with E-state index in [1.165, 1.54) is 17.2 Å². The highest BCUT2D eigenvalue weighted by Gasteiger charge is 2.31. The summed E-state index contributed by atoms with van der Waals surface area (Å²) in [4.78, 5) is 34.5. The fraction of sp³-hybridized carbons (Fsp3) is 0.318. The summed E-state index contributed by atoms with van der Waals surface area (Å²) in [6.45, 7) is 0.550. The van der Waals surface area contributed by atoms with Crippen LogP contribution in [0.1, 0.15) is 28.9 Å². The van der Waals surface area contributed by atoms with E-state index in [2.05, 4.69) is 15.3 Å². The van der Waals surface area contributed by atoms with Gasteiger partial charge in [-0.25, -0.2) is 13.8 Å². The smallest absolute Gasteiger partial charge is 0.268 e. The third-order valence-corrected chi connectivity index (χ3v) is 5.64. The van der Waals surface area contributed by atoms with Gasteiger partial charge in [-0.15, -0.1) is 0 Å². The zero-order valence-corrected chi connectivity index (χ0v) is 17.7. The standard InChI is InChI=1S/C22H21ClF2N4O3/c23-14-6-13-8-18(27-20(13)26-10-14)21(31)28-19(7-12-3-4-15(24)9-17(12)25)22(32)29-5-1-2-16(30)11-29/h3-4,6,8-10,16,19,30H,1-2,5,7,11H2,(H,26,27)(H,28,31)/t16?,19-/m0/s1. The van der Waals surface area contributed by atoms with E-state index >= 15 is 0 Å². The molecule has 168 valence electrons. The van der Waals surface area contributed by atoms with Gasteiger partial charge in [0.2, 0.25) is 5.91 Å². The number of rotatable bonds is 5. The number of hydrogen-bond donors (Lipinski definition) is 3. The Bertz CT molecular complexity index is 1170. The van der Waals surface area contributed by atoms with Crippen molar-refractivity contribution in [2.45, 2.75) is 31.4 Å². The molecule has 1 aliphatic rings. The van der Waals surface area contributed by atoms with Crippen LogP contribution in [-0.2, 0) is 11.2 Å². The summed E-state index contributed by atoms with van der Waals surface area (Å²) in [5, 5.41) is 13.6. The van der Waals surface area contributed by atoms with E-state index in [9.17, 15) is 23.5 Å². The highest BCUT2D eigenvalue weighted by atomic mass is 35.5. The Morgan fingerprint density at radius 1 is 1.31 bits per heavy atom. The Morgan fingerprint density at radius 2 is 2.12 bits per heavy atom. The van der Waals surface area contributed by atoms with Crippen LogP contribution < -0.4 is 5.32 Å². The lowest BCUT2D eigenvalue weighted by Crippen LogP contribution is -2.53. The molecular weight excluding hydrogens is 442 g/mol. The second-order valence-electron chi connectivity index (χ2n) is 7.82. The van der Waals surface area contributed by atoms with Gasteiger partial charge in [0.15, 0.2) is 0 Å². The molecule has 10 heteroatoms. The first kappa shape index (κ1) is 22.2. The van der Waals surface area contributed by atoms with Gasteiger partial charge in [-0.05, 0) is 36.6 Å². The quantitative estimate of drug-likeness (QED) is 0.543. The van der Waals surface area contributed by atoms with Crippen LogP contribution in [0.3, 0.4) is 0 Å². The molecule has 1 aromatic carbocycles. The number of aliphatic hydroxyl groups excluding tert-OH is 1. The minimum absolute atomic E-state index is 0.0905. The van der Waals surface area contributed by atoms with Crippen LogP contribution >= 0.6 is 11.6 Å². The normalized spacial score (nSPS) is 17.4. The van der Waals surface area contributed by atoms with E-state index in [0.717, 1.165) is 12.1 Å². The number of fused-ring (bicyclic) bond motifs is 1. The minimum atomic E-state index is -1.12. The largest absolute Gasteiger partial charge is 0.391 e. The number of nitrogens with zero attached hydrogens (tertiary/aromatic N) is 2. The molecule has 2 aromatic heterocycles. The number of H-pyrrole nitrogens is 1. The Labute approximate surface area is 187 Å². The van der Waals surface area contributed by atoms with Gasteiger partial charge in [0.25, 0.3) is 5.91 Å². The molecule has 2 atom stereocenters. The second kappa shape index (κ2) is 9.22. The van der Waals surface area contributed by atoms with Crippen LogP contribution in [0.15, 0.2) is 36.5 Å². The maximum atomic E-state index is 14.3. The molecule has 32 heavy (non-hydrogen) atoms. The maximum Gasteiger partial charge on any atom is 0.268 e. The SMILES string of the molecule is O=C(N[C@@H](Cc1ccc(F)cc1F)C(=O)N1CCCC(O)C1)c1cc2cc(Cl)cnc2[nH]1. The number of carbonyl (C=O) groups excluding carboxylic acids is 2. The molecule has 0 saturated carbocycles. The van der Waals surface area contributed by atoms with Crippen molar-refractivity contribution in [2.75, 3.05) is 13.1 Å². The Balaban J connectivity index is 1.59. The van der Waals surface area contributed by atoms with Gasteiger partial charge in [0.05, 0.1) is 11.1 Å². The van der Waals surface area contributed by atoms with E-state index in [1.54, 1.807) is 12.1 Å². The third-order valence-electron chi connectivity index (χ3n) is 5.43.